The first-order valence-electron chi connectivity index (χ1n) is 3.76. The third kappa shape index (κ3) is 0.838. The predicted octanol–water partition coefficient (Wildman–Crippen LogP) is 1.80. The SMILES string of the molecule is ON=C1CC2C=CC(C1)C2. The van der Waals surface area contributed by atoms with E-state index in [0.717, 1.165) is 18.6 Å². The monoisotopic (exact) mass is 137 g/mol. The third-order valence-corrected chi connectivity index (χ3v) is 2.40. The molecule has 0 aromatic heterocycles. The van der Waals surface area contributed by atoms with E-state index in [-0.39, 0.29) is 0 Å². The molecule has 0 aromatic carbocycles. The number of oxime groups is 1. The molecule has 0 heterocycles. The summed E-state index contributed by atoms with van der Waals surface area (Å²) >= 11 is 0. The molecular weight excluding hydrogens is 126 g/mol. The molecule has 0 radical (unpaired) electrons. The number of fused-ring (bicyclic) bond motifs is 2. The Labute approximate surface area is 60.2 Å². The van der Waals surface area contributed by atoms with Crippen molar-refractivity contribution < 1.29 is 5.21 Å². The quantitative estimate of drug-likeness (QED) is 0.308. The van der Waals surface area contributed by atoms with Crippen molar-refractivity contribution in [3.8, 4) is 0 Å². The van der Waals surface area contributed by atoms with Crippen molar-refractivity contribution in [3.63, 3.8) is 0 Å². The zero-order valence-electron chi connectivity index (χ0n) is 5.83. The maximum absolute atomic E-state index is 8.51. The summed E-state index contributed by atoms with van der Waals surface area (Å²) in [6, 6.07) is 0. The van der Waals surface area contributed by atoms with Crippen LogP contribution in [-0.2, 0) is 0 Å². The Morgan fingerprint density at radius 2 is 1.90 bits per heavy atom. The van der Waals surface area contributed by atoms with E-state index < -0.39 is 0 Å². The molecule has 2 heteroatoms. The Kier molecular flexibility index (Phi) is 1.26. The highest BCUT2D eigenvalue weighted by Crippen LogP contribution is 2.34. The van der Waals surface area contributed by atoms with E-state index in [0.29, 0.717) is 11.8 Å². The summed E-state index contributed by atoms with van der Waals surface area (Å²) in [5, 5.41) is 11.8. The number of rotatable bonds is 0. The van der Waals surface area contributed by atoms with Gasteiger partial charge in [0.1, 0.15) is 0 Å². The molecule has 0 spiro atoms. The van der Waals surface area contributed by atoms with Crippen LogP contribution in [0.3, 0.4) is 0 Å². The molecule has 2 bridgehead atoms. The van der Waals surface area contributed by atoms with Gasteiger partial charge in [0.2, 0.25) is 0 Å². The van der Waals surface area contributed by atoms with Gasteiger partial charge in [-0.05, 0) is 31.1 Å². The normalized spacial score (nSPS) is 36.6. The molecule has 0 saturated heterocycles. The van der Waals surface area contributed by atoms with E-state index in [1.807, 2.05) is 0 Å². The Hall–Kier alpha value is -0.790. The molecule has 2 unspecified atom stereocenters. The van der Waals surface area contributed by atoms with Gasteiger partial charge in [0.05, 0.1) is 5.71 Å². The molecule has 0 aliphatic heterocycles. The van der Waals surface area contributed by atoms with Gasteiger partial charge >= 0.3 is 0 Å². The molecule has 54 valence electrons. The number of hydrogen-bond acceptors (Lipinski definition) is 2. The highest BCUT2D eigenvalue weighted by Gasteiger charge is 2.27. The standard InChI is InChI=1S/C8H11NO/c10-9-8-4-6-1-2-7(3-6)5-8/h1-2,6-7,10H,3-5H2. The van der Waals surface area contributed by atoms with Gasteiger partial charge in [-0.2, -0.15) is 0 Å². The Bertz CT molecular complexity index is 179. The molecule has 1 fully saturated rings. The van der Waals surface area contributed by atoms with Crippen molar-refractivity contribution in [1.82, 2.24) is 0 Å². The van der Waals surface area contributed by atoms with Gasteiger partial charge in [-0.3, -0.25) is 0 Å². The minimum Gasteiger partial charge on any atom is -0.411 e. The zero-order chi connectivity index (χ0) is 6.97. The molecule has 2 aliphatic carbocycles. The summed E-state index contributed by atoms with van der Waals surface area (Å²) in [4.78, 5) is 0. The smallest absolute Gasteiger partial charge is 0.0582 e. The topological polar surface area (TPSA) is 32.6 Å². The van der Waals surface area contributed by atoms with E-state index in [2.05, 4.69) is 17.3 Å². The van der Waals surface area contributed by atoms with Gasteiger partial charge in [0.15, 0.2) is 0 Å². The largest absolute Gasteiger partial charge is 0.411 e. The minimum absolute atomic E-state index is 0.671. The minimum atomic E-state index is 0.671. The Balaban J connectivity index is 2.15. The maximum atomic E-state index is 8.51. The van der Waals surface area contributed by atoms with E-state index in [4.69, 9.17) is 5.21 Å². The molecule has 10 heavy (non-hydrogen) atoms. The first-order valence-corrected chi connectivity index (χ1v) is 3.76. The molecule has 1 saturated carbocycles. The van der Waals surface area contributed by atoms with E-state index in [1.165, 1.54) is 6.42 Å². The Morgan fingerprint density at radius 1 is 1.30 bits per heavy atom. The van der Waals surface area contributed by atoms with Gasteiger partial charge in [-0.1, -0.05) is 17.3 Å². The summed E-state index contributed by atoms with van der Waals surface area (Å²) in [7, 11) is 0. The van der Waals surface area contributed by atoms with Crippen LogP contribution in [0.1, 0.15) is 19.3 Å². The lowest BCUT2D eigenvalue weighted by Gasteiger charge is -2.18. The van der Waals surface area contributed by atoms with Gasteiger partial charge < -0.3 is 5.21 Å². The second kappa shape index (κ2) is 2.11. The molecule has 2 nitrogen and oxygen atoms in total. The van der Waals surface area contributed by atoms with Crippen molar-refractivity contribution in [2.75, 3.05) is 0 Å². The second-order valence-corrected chi connectivity index (χ2v) is 3.22. The maximum Gasteiger partial charge on any atom is 0.0582 e. The Morgan fingerprint density at radius 3 is 2.40 bits per heavy atom. The number of allylic oxidation sites excluding steroid dienone is 2. The molecule has 2 aliphatic rings. The summed E-state index contributed by atoms with van der Waals surface area (Å²) in [6.45, 7) is 0. The van der Waals surface area contributed by atoms with Crippen LogP contribution in [0, 0.1) is 11.8 Å². The molecule has 2 rings (SSSR count). The lowest BCUT2D eigenvalue weighted by atomic mass is 9.87. The summed E-state index contributed by atoms with van der Waals surface area (Å²) in [5.41, 5.74) is 0.978. The van der Waals surface area contributed by atoms with Crippen molar-refractivity contribution in [1.29, 1.82) is 0 Å². The molecule has 0 amide bonds. The fourth-order valence-electron chi connectivity index (χ4n) is 1.93. The fourth-order valence-corrected chi connectivity index (χ4v) is 1.93. The van der Waals surface area contributed by atoms with Crippen molar-refractivity contribution in [2.24, 2.45) is 17.0 Å². The van der Waals surface area contributed by atoms with Crippen LogP contribution in [0.4, 0.5) is 0 Å². The van der Waals surface area contributed by atoms with Crippen LogP contribution in [0.15, 0.2) is 17.3 Å². The summed E-state index contributed by atoms with van der Waals surface area (Å²) in [6.07, 6.45) is 7.73. The molecule has 1 N–H and O–H groups in total. The lowest BCUT2D eigenvalue weighted by Crippen LogP contribution is -2.15. The average Bonchev–Trinajstić information content (AvgIpc) is 2.30. The van der Waals surface area contributed by atoms with Crippen molar-refractivity contribution >= 4 is 5.71 Å². The highest BCUT2D eigenvalue weighted by atomic mass is 16.4. The third-order valence-electron chi connectivity index (χ3n) is 2.40. The summed E-state index contributed by atoms with van der Waals surface area (Å²) < 4.78 is 0. The predicted molar refractivity (Wildman–Crippen MR) is 39.2 cm³/mol. The van der Waals surface area contributed by atoms with Crippen LogP contribution in [0.2, 0.25) is 0 Å². The first kappa shape index (κ1) is 5.96. The number of nitrogens with zero attached hydrogens (tertiary/aromatic N) is 1. The zero-order valence-corrected chi connectivity index (χ0v) is 5.83. The lowest BCUT2D eigenvalue weighted by molar-refractivity contribution is 0.311. The van der Waals surface area contributed by atoms with Crippen LogP contribution >= 0.6 is 0 Å². The summed E-state index contributed by atoms with van der Waals surface area (Å²) in [5.74, 6) is 1.34. The highest BCUT2D eigenvalue weighted by molar-refractivity contribution is 5.85. The van der Waals surface area contributed by atoms with Crippen molar-refractivity contribution in [2.45, 2.75) is 19.3 Å². The van der Waals surface area contributed by atoms with E-state index >= 15 is 0 Å². The van der Waals surface area contributed by atoms with Crippen LogP contribution in [0.5, 0.6) is 0 Å². The van der Waals surface area contributed by atoms with Crippen LogP contribution < -0.4 is 0 Å². The molecule has 2 atom stereocenters. The number of hydrogen-bond donors (Lipinski definition) is 1. The van der Waals surface area contributed by atoms with E-state index in [9.17, 15) is 0 Å². The van der Waals surface area contributed by atoms with Crippen molar-refractivity contribution in [3.05, 3.63) is 12.2 Å². The second-order valence-electron chi connectivity index (χ2n) is 3.22. The van der Waals surface area contributed by atoms with Gasteiger partial charge in [0.25, 0.3) is 0 Å². The van der Waals surface area contributed by atoms with Gasteiger partial charge in [0, 0.05) is 0 Å². The average molecular weight is 137 g/mol. The van der Waals surface area contributed by atoms with Gasteiger partial charge in [-0.15, -0.1) is 0 Å². The first-order chi connectivity index (χ1) is 4.88. The van der Waals surface area contributed by atoms with E-state index in [1.54, 1.807) is 0 Å². The van der Waals surface area contributed by atoms with Crippen LogP contribution in [-0.4, -0.2) is 10.9 Å². The molecular formula is C8H11NO. The fraction of sp³-hybridized carbons (Fsp3) is 0.625. The van der Waals surface area contributed by atoms with Crippen LogP contribution in [0.25, 0.3) is 0 Å². The van der Waals surface area contributed by atoms with Gasteiger partial charge in [-0.25, -0.2) is 0 Å². The molecule has 0 aromatic rings.